The lowest BCUT2D eigenvalue weighted by atomic mass is 10.1. The van der Waals surface area contributed by atoms with Gasteiger partial charge in [0, 0.05) is 23.6 Å². The average Bonchev–Trinajstić information content (AvgIpc) is 3.36. The van der Waals surface area contributed by atoms with E-state index in [1.54, 1.807) is 12.1 Å². The highest BCUT2D eigenvalue weighted by molar-refractivity contribution is 7.99. The molecule has 0 radical (unpaired) electrons. The maximum absolute atomic E-state index is 12.4. The third-order valence-corrected chi connectivity index (χ3v) is 6.96. The molecule has 10 heteroatoms. The van der Waals surface area contributed by atoms with Crippen molar-refractivity contribution in [3.8, 4) is 22.6 Å². The molecule has 0 aliphatic carbocycles. The molecular formula is C21H17Cl2N5OS2. The van der Waals surface area contributed by atoms with Gasteiger partial charge in [0.1, 0.15) is 0 Å². The van der Waals surface area contributed by atoms with E-state index in [1.165, 1.54) is 28.7 Å². The molecule has 1 amide bonds. The Morgan fingerprint density at radius 2 is 1.84 bits per heavy atom. The van der Waals surface area contributed by atoms with Crippen LogP contribution in [0.25, 0.3) is 22.6 Å². The molecule has 0 aliphatic heterocycles. The van der Waals surface area contributed by atoms with Crippen molar-refractivity contribution >= 4 is 57.3 Å². The fraction of sp³-hybridized carbons (Fsp3) is 0.143. The summed E-state index contributed by atoms with van der Waals surface area (Å²) in [4.78, 5) is 16.9. The van der Waals surface area contributed by atoms with Gasteiger partial charge in [-0.15, -0.1) is 21.5 Å². The lowest BCUT2D eigenvalue weighted by Crippen LogP contribution is -2.14. The van der Waals surface area contributed by atoms with Crippen LogP contribution in [0.5, 0.6) is 0 Å². The first kappa shape index (κ1) is 21.8. The second-order valence-corrected chi connectivity index (χ2v) is 9.35. The molecule has 0 bridgehead atoms. The van der Waals surface area contributed by atoms with Crippen LogP contribution in [0.2, 0.25) is 10.0 Å². The van der Waals surface area contributed by atoms with Gasteiger partial charge in [0.25, 0.3) is 0 Å². The number of carbonyl (C=O) groups excluding carboxylic acids is 1. The summed E-state index contributed by atoms with van der Waals surface area (Å²) in [6, 6.07) is 13.4. The number of thioether (sulfide) groups is 1. The summed E-state index contributed by atoms with van der Waals surface area (Å²) in [5, 5.41) is 15.3. The molecule has 2 aromatic heterocycles. The molecule has 2 heterocycles. The predicted molar refractivity (Wildman–Crippen MR) is 128 cm³/mol. The summed E-state index contributed by atoms with van der Waals surface area (Å²) < 4.78 is 1.82. The number of hydrogen-bond acceptors (Lipinski definition) is 6. The van der Waals surface area contributed by atoms with Gasteiger partial charge in [-0.3, -0.25) is 4.79 Å². The number of thiazole rings is 1. The van der Waals surface area contributed by atoms with Crippen LogP contribution in [0.4, 0.5) is 5.13 Å². The number of benzene rings is 2. The summed E-state index contributed by atoms with van der Waals surface area (Å²) in [5.41, 5.74) is 3.85. The van der Waals surface area contributed by atoms with Crippen molar-refractivity contribution in [2.24, 2.45) is 7.05 Å². The van der Waals surface area contributed by atoms with E-state index in [-0.39, 0.29) is 11.7 Å². The van der Waals surface area contributed by atoms with Gasteiger partial charge in [-0.1, -0.05) is 64.8 Å². The van der Waals surface area contributed by atoms with E-state index in [0.717, 1.165) is 16.8 Å². The third-order valence-electron chi connectivity index (χ3n) is 4.44. The van der Waals surface area contributed by atoms with Crippen LogP contribution < -0.4 is 5.32 Å². The summed E-state index contributed by atoms with van der Waals surface area (Å²) >= 11 is 14.8. The number of aromatic nitrogens is 4. The Labute approximate surface area is 197 Å². The van der Waals surface area contributed by atoms with Gasteiger partial charge in [0.2, 0.25) is 5.91 Å². The number of amides is 1. The minimum absolute atomic E-state index is 0.158. The fourth-order valence-corrected chi connectivity index (χ4v) is 4.55. The number of aryl methyl sites for hydroxylation is 1. The second-order valence-electron chi connectivity index (χ2n) is 6.73. The van der Waals surface area contributed by atoms with Gasteiger partial charge in [-0.2, -0.15) is 0 Å². The quantitative estimate of drug-likeness (QED) is 0.338. The summed E-state index contributed by atoms with van der Waals surface area (Å²) in [6.45, 7) is 2.04. The molecular weight excluding hydrogens is 473 g/mol. The van der Waals surface area contributed by atoms with Gasteiger partial charge in [-0.25, -0.2) is 4.98 Å². The SMILES string of the molecule is Cc1ccc(-c2csc(NC(=O)CSc3nnc(-c4ccc(Cl)c(Cl)c4)n3C)n2)cc1. The maximum atomic E-state index is 12.4. The number of halogens is 2. The maximum Gasteiger partial charge on any atom is 0.236 e. The highest BCUT2D eigenvalue weighted by Crippen LogP contribution is 2.29. The normalized spacial score (nSPS) is 11.0. The highest BCUT2D eigenvalue weighted by atomic mass is 35.5. The molecule has 0 aliphatic rings. The molecule has 158 valence electrons. The van der Waals surface area contributed by atoms with E-state index in [2.05, 4.69) is 20.5 Å². The Balaban J connectivity index is 1.38. The summed E-state index contributed by atoms with van der Waals surface area (Å²) in [6.07, 6.45) is 0. The Kier molecular flexibility index (Phi) is 6.62. The Morgan fingerprint density at radius 1 is 1.10 bits per heavy atom. The van der Waals surface area contributed by atoms with E-state index in [9.17, 15) is 4.79 Å². The van der Waals surface area contributed by atoms with Gasteiger partial charge in [0.15, 0.2) is 16.1 Å². The molecule has 0 saturated carbocycles. The summed E-state index contributed by atoms with van der Waals surface area (Å²) in [7, 11) is 1.84. The van der Waals surface area contributed by atoms with Crippen molar-refractivity contribution in [3.05, 3.63) is 63.5 Å². The minimum atomic E-state index is -0.158. The smallest absolute Gasteiger partial charge is 0.236 e. The van der Waals surface area contributed by atoms with Gasteiger partial charge < -0.3 is 9.88 Å². The first-order valence-corrected chi connectivity index (χ1v) is 11.8. The molecule has 0 fully saturated rings. The monoisotopic (exact) mass is 489 g/mol. The molecule has 0 spiro atoms. The number of rotatable bonds is 6. The van der Waals surface area contributed by atoms with Gasteiger partial charge in [-0.05, 0) is 25.1 Å². The van der Waals surface area contributed by atoms with Crippen molar-refractivity contribution in [2.75, 3.05) is 11.1 Å². The lowest BCUT2D eigenvalue weighted by Gasteiger charge is -2.05. The first-order valence-electron chi connectivity index (χ1n) is 9.21. The topological polar surface area (TPSA) is 72.7 Å². The average molecular weight is 490 g/mol. The zero-order chi connectivity index (χ0) is 22.0. The number of carbonyl (C=O) groups is 1. The van der Waals surface area contributed by atoms with Crippen LogP contribution in [0.3, 0.4) is 0 Å². The molecule has 31 heavy (non-hydrogen) atoms. The molecule has 0 unspecified atom stereocenters. The largest absolute Gasteiger partial charge is 0.305 e. The van der Waals surface area contributed by atoms with Crippen LogP contribution in [-0.2, 0) is 11.8 Å². The van der Waals surface area contributed by atoms with Crippen LogP contribution in [0.15, 0.2) is 53.0 Å². The van der Waals surface area contributed by atoms with Crippen LogP contribution in [-0.4, -0.2) is 31.4 Å². The van der Waals surface area contributed by atoms with Crippen LogP contribution in [0, 0.1) is 6.92 Å². The fourth-order valence-electron chi connectivity index (χ4n) is 2.80. The van der Waals surface area contributed by atoms with E-state index in [1.807, 2.05) is 54.3 Å². The Morgan fingerprint density at radius 3 is 2.58 bits per heavy atom. The number of hydrogen-bond donors (Lipinski definition) is 1. The van der Waals surface area contributed by atoms with Crippen molar-refractivity contribution in [1.82, 2.24) is 19.7 Å². The number of anilines is 1. The van der Waals surface area contributed by atoms with Crippen molar-refractivity contribution < 1.29 is 4.79 Å². The molecule has 0 saturated heterocycles. The van der Waals surface area contributed by atoms with E-state index in [4.69, 9.17) is 23.2 Å². The molecule has 6 nitrogen and oxygen atoms in total. The Hall–Kier alpha value is -2.39. The van der Waals surface area contributed by atoms with E-state index < -0.39 is 0 Å². The predicted octanol–water partition coefficient (Wildman–Crippen LogP) is 5.95. The Bertz CT molecular complexity index is 1240. The molecule has 4 rings (SSSR count). The highest BCUT2D eigenvalue weighted by Gasteiger charge is 2.15. The summed E-state index contributed by atoms with van der Waals surface area (Å²) in [5.74, 6) is 0.672. The molecule has 2 aromatic carbocycles. The molecule has 0 atom stereocenters. The van der Waals surface area contributed by atoms with Crippen LogP contribution >= 0.6 is 46.3 Å². The standard InChI is InChI=1S/C21H17Cl2N5OS2/c1-12-3-5-13(6-4-12)17-10-30-20(24-17)25-18(29)11-31-21-27-26-19(28(21)2)14-7-8-15(22)16(23)9-14/h3-10H,11H2,1-2H3,(H,24,25,29). The minimum Gasteiger partial charge on any atom is -0.305 e. The zero-order valence-electron chi connectivity index (χ0n) is 16.6. The molecule has 1 N–H and O–H groups in total. The van der Waals surface area contributed by atoms with Crippen molar-refractivity contribution in [3.63, 3.8) is 0 Å². The van der Waals surface area contributed by atoms with E-state index in [0.29, 0.717) is 26.2 Å². The van der Waals surface area contributed by atoms with E-state index >= 15 is 0 Å². The first-order chi connectivity index (χ1) is 14.9. The molecule has 4 aromatic rings. The third kappa shape index (κ3) is 5.10. The van der Waals surface area contributed by atoms with Gasteiger partial charge >= 0.3 is 0 Å². The van der Waals surface area contributed by atoms with Crippen LogP contribution in [0.1, 0.15) is 5.56 Å². The van der Waals surface area contributed by atoms with Crippen molar-refractivity contribution in [2.45, 2.75) is 12.1 Å². The van der Waals surface area contributed by atoms with Crippen molar-refractivity contribution in [1.29, 1.82) is 0 Å². The van der Waals surface area contributed by atoms with Gasteiger partial charge in [0.05, 0.1) is 21.5 Å². The number of nitrogens with one attached hydrogen (secondary N) is 1. The lowest BCUT2D eigenvalue weighted by molar-refractivity contribution is -0.113. The zero-order valence-corrected chi connectivity index (χ0v) is 19.7. The number of nitrogens with zero attached hydrogens (tertiary/aromatic N) is 4. The second kappa shape index (κ2) is 9.40.